The minimum Gasteiger partial charge on any atom is -0.390 e. The van der Waals surface area contributed by atoms with Crippen molar-refractivity contribution in [2.24, 2.45) is 5.92 Å². The van der Waals surface area contributed by atoms with Gasteiger partial charge in [0.15, 0.2) is 0 Å². The number of nitro benzene ring substituents is 4. The molecule has 4 aliphatic carbocycles. The number of hydrogen-bond acceptors (Lipinski definition) is 9. The molecule has 0 amide bonds. The van der Waals surface area contributed by atoms with Gasteiger partial charge in [-0.05, 0) is 80.2 Å². The maximum Gasteiger partial charge on any atom is 0.279 e. The van der Waals surface area contributed by atoms with Crippen LogP contribution in [0.4, 0.5) is 22.7 Å². The Morgan fingerprint density at radius 1 is 0.649 bits per heavy atom. The van der Waals surface area contributed by atoms with E-state index in [1.54, 1.807) is 0 Å². The number of nitrogens with zero attached hydrogens (tertiary/aromatic N) is 4. The monoisotopic (exact) mass is 512 g/mol. The lowest BCUT2D eigenvalue weighted by Gasteiger charge is -2.65. The Balaban J connectivity index is 1.73. The van der Waals surface area contributed by atoms with Crippen molar-refractivity contribution in [3.8, 4) is 0 Å². The van der Waals surface area contributed by atoms with E-state index in [1.807, 2.05) is 0 Å². The van der Waals surface area contributed by atoms with Gasteiger partial charge in [-0.25, -0.2) is 0 Å². The third kappa shape index (κ3) is 3.64. The largest absolute Gasteiger partial charge is 0.390 e. The van der Waals surface area contributed by atoms with Gasteiger partial charge >= 0.3 is 0 Å². The van der Waals surface area contributed by atoms with Gasteiger partial charge in [-0.15, -0.1) is 0 Å². The molecule has 2 aromatic rings. The van der Waals surface area contributed by atoms with Gasteiger partial charge in [0, 0.05) is 24.3 Å². The van der Waals surface area contributed by atoms with Crippen LogP contribution >= 0.6 is 0 Å². The summed E-state index contributed by atoms with van der Waals surface area (Å²) >= 11 is 0. The molecule has 4 saturated carbocycles. The Kier molecular flexibility index (Phi) is 5.17. The molecule has 2 unspecified atom stereocenters. The maximum absolute atomic E-state index is 11.8. The third-order valence-electron chi connectivity index (χ3n) is 8.76. The molecule has 4 bridgehead atoms. The molecule has 0 saturated heterocycles. The SMILES string of the molecule is Cc1c([N+](=O)[O-])cc([C@@]23CC4CC(O)(C2)C[C@](c2cc([N+](=O)[O-])c(C)c([N+](=O)[O-])c2)(C4)C3)cc1[N+](=O)[O-]. The van der Waals surface area contributed by atoms with Crippen molar-refractivity contribution in [3.63, 3.8) is 0 Å². The highest BCUT2D eigenvalue weighted by molar-refractivity contribution is 5.60. The number of nitro groups is 4. The van der Waals surface area contributed by atoms with Gasteiger partial charge in [0.1, 0.15) is 11.1 Å². The van der Waals surface area contributed by atoms with Gasteiger partial charge in [-0.2, -0.15) is 0 Å². The predicted octanol–water partition coefficient (Wildman–Crippen LogP) is 4.84. The van der Waals surface area contributed by atoms with E-state index in [1.165, 1.54) is 38.1 Å². The lowest BCUT2D eigenvalue weighted by atomic mass is 9.40. The zero-order valence-corrected chi connectivity index (χ0v) is 20.1. The number of aliphatic hydroxyl groups is 1. The first-order valence-corrected chi connectivity index (χ1v) is 11.8. The van der Waals surface area contributed by atoms with Crippen molar-refractivity contribution in [1.29, 1.82) is 0 Å². The normalized spacial score (nSPS) is 29.8. The third-order valence-corrected chi connectivity index (χ3v) is 8.76. The molecular formula is C24H24N4O9. The summed E-state index contributed by atoms with van der Waals surface area (Å²) in [5.41, 5.74) is -3.89. The molecule has 0 radical (unpaired) electrons. The molecule has 194 valence electrons. The highest BCUT2D eigenvalue weighted by Gasteiger charge is 2.64. The Morgan fingerprint density at radius 3 is 1.24 bits per heavy atom. The summed E-state index contributed by atoms with van der Waals surface area (Å²) in [6.45, 7) is 2.64. The summed E-state index contributed by atoms with van der Waals surface area (Å²) in [5, 5.41) is 58.7. The van der Waals surface area contributed by atoms with Crippen LogP contribution in [0.25, 0.3) is 0 Å². The van der Waals surface area contributed by atoms with Crippen LogP contribution in [0.1, 0.15) is 60.8 Å². The van der Waals surface area contributed by atoms with Crippen molar-refractivity contribution >= 4 is 22.7 Å². The maximum atomic E-state index is 11.8. The quantitative estimate of drug-likeness (QED) is 0.416. The predicted molar refractivity (Wildman–Crippen MR) is 128 cm³/mol. The van der Waals surface area contributed by atoms with Crippen molar-refractivity contribution in [2.75, 3.05) is 0 Å². The van der Waals surface area contributed by atoms with Crippen molar-refractivity contribution in [2.45, 2.75) is 68.8 Å². The van der Waals surface area contributed by atoms with Gasteiger partial charge in [0.05, 0.1) is 25.3 Å². The van der Waals surface area contributed by atoms with Crippen LogP contribution in [0.5, 0.6) is 0 Å². The van der Waals surface area contributed by atoms with Gasteiger partial charge in [-0.3, -0.25) is 40.5 Å². The zero-order valence-electron chi connectivity index (χ0n) is 20.1. The summed E-state index contributed by atoms with van der Waals surface area (Å²) in [7, 11) is 0. The average Bonchev–Trinajstić information content (AvgIpc) is 2.76. The van der Waals surface area contributed by atoms with Gasteiger partial charge in [0.25, 0.3) is 22.7 Å². The van der Waals surface area contributed by atoms with Crippen molar-refractivity contribution in [1.82, 2.24) is 0 Å². The zero-order chi connectivity index (χ0) is 27.1. The molecule has 4 aliphatic rings. The van der Waals surface area contributed by atoms with Crippen LogP contribution in [0.3, 0.4) is 0 Å². The molecule has 4 fully saturated rings. The molecule has 1 N–H and O–H groups in total. The van der Waals surface area contributed by atoms with E-state index in [2.05, 4.69) is 0 Å². The van der Waals surface area contributed by atoms with Crippen molar-refractivity contribution in [3.05, 3.63) is 87.0 Å². The second-order valence-corrected chi connectivity index (χ2v) is 11.1. The number of rotatable bonds is 6. The highest BCUT2D eigenvalue weighted by atomic mass is 16.6. The van der Waals surface area contributed by atoms with Gasteiger partial charge in [0.2, 0.25) is 0 Å². The molecule has 0 heterocycles. The fourth-order valence-electron chi connectivity index (χ4n) is 7.77. The molecule has 2 aromatic carbocycles. The van der Waals surface area contributed by atoms with Crippen LogP contribution in [-0.4, -0.2) is 30.4 Å². The summed E-state index contributed by atoms with van der Waals surface area (Å²) < 4.78 is 0. The van der Waals surface area contributed by atoms with Crippen molar-refractivity contribution < 1.29 is 24.8 Å². The molecule has 37 heavy (non-hydrogen) atoms. The Bertz CT molecular complexity index is 1250. The van der Waals surface area contributed by atoms with E-state index >= 15 is 0 Å². The molecule has 4 atom stereocenters. The molecule has 0 aliphatic heterocycles. The summed E-state index contributed by atoms with van der Waals surface area (Å²) in [4.78, 5) is 44.4. The Morgan fingerprint density at radius 2 is 0.973 bits per heavy atom. The average molecular weight is 512 g/mol. The minimum atomic E-state index is -1.22. The lowest BCUT2D eigenvalue weighted by Crippen LogP contribution is -2.63. The standard InChI is InChI=1S/C24H24N4O9/c1-13-18(25(30)31)3-16(4-19(13)26(32)33)22-7-15-8-23(10-22,12-24(29,9-15)11-22)17-5-20(27(34)35)14(2)21(6-17)28(36)37/h3-6,15,29H,7-12H2,1-2H3/t15?,22-,23+,24?. The van der Waals surface area contributed by atoms with Crippen LogP contribution in [0.15, 0.2) is 24.3 Å². The second-order valence-electron chi connectivity index (χ2n) is 11.1. The second kappa shape index (κ2) is 7.75. The lowest BCUT2D eigenvalue weighted by molar-refractivity contribution is -0.395. The molecule has 13 nitrogen and oxygen atoms in total. The van der Waals surface area contributed by atoms with E-state index in [-0.39, 0.29) is 52.6 Å². The van der Waals surface area contributed by atoms with E-state index < -0.39 is 36.1 Å². The summed E-state index contributed by atoms with van der Waals surface area (Å²) in [6, 6.07) is 5.36. The van der Waals surface area contributed by atoms with E-state index in [4.69, 9.17) is 0 Å². The van der Waals surface area contributed by atoms with Gasteiger partial charge in [-0.1, -0.05) is 0 Å². The van der Waals surface area contributed by atoms with Gasteiger partial charge < -0.3 is 5.11 Å². The van der Waals surface area contributed by atoms with E-state index in [0.29, 0.717) is 36.8 Å². The topological polar surface area (TPSA) is 193 Å². The fraction of sp³-hybridized carbons (Fsp3) is 0.500. The first-order chi connectivity index (χ1) is 17.2. The van der Waals surface area contributed by atoms with E-state index in [0.717, 1.165) is 0 Å². The smallest absolute Gasteiger partial charge is 0.279 e. The molecule has 0 aromatic heterocycles. The van der Waals surface area contributed by atoms with Crippen LogP contribution in [-0.2, 0) is 10.8 Å². The first kappa shape index (κ1) is 24.7. The Labute approximate surface area is 209 Å². The van der Waals surface area contributed by atoms with Crippen LogP contribution in [0.2, 0.25) is 0 Å². The van der Waals surface area contributed by atoms with Crippen LogP contribution in [0, 0.1) is 60.2 Å². The molecule has 0 spiro atoms. The molecule has 13 heteroatoms. The number of hydrogen-bond donors (Lipinski definition) is 1. The Hall–Kier alpha value is -4.00. The van der Waals surface area contributed by atoms with Crippen LogP contribution < -0.4 is 0 Å². The summed E-state index contributed by atoms with van der Waals surface area (Å²) in [5.74, 6) is -0.0694. The number of benzene rings is 2. The minimum absolute atomic E-state index is 0.0679. The highest BCUT2D eigenvalue weighted by Crippen LogP contribution is 2.68. The summed E-state index contributed by atoms with van der Waals surface area (Å²) in [6.07, 6.45) is 2.28. The molecular weight excluding hydrogens is 488 g/mol. The first-order valence-electron chi connectivity index (χ1n) is 11.8. The van der Waals surface area contributed by atoms with E-state index in [9.17, 15) is 45.6 Å². The molecule has 6 rings (SSSR count). The fourth-order valence-corrected chi connectivity index (χ4v) is 7.77.